The van der Waals surface area contributed by atoms with Gasteiger partial charge in [-0.25, -0.2) is 12.7 Å². The number of halogens is 1. The third kappa shape index (κ3) is 3.97. The van der Waals surface area contributed by atoms with Crippen LogP contribution in [0.2, 0.25) is 0 Å². The van der Waals surface area contributed by atoms with Crippen LogP contribution in [-0.4, -0.2) is 57.2 Å². The molecule has 0 saturated carbocycles. The Hall–Kier alpha value is -0.620. The fourth-order valence-corrected chi connectivity index (χ4v) is 3.70. The predicted octanol–water partition coefficient (Wildman–Crippen LogP) is 1.97. The maximum atomic E-state index is 12.2. The largest absolute Gasteiger partial charge is 0.303 e. The lowest BCUT2D eigenvalue weighted by atomic mass is 10.0. The van der Waals surface area contributed by atoms with Crippen LogP contribution in [0.5, 0.6) is 0 Å². The molecule has 1 aliphatic heterocycles. The maximum absolute atomic E-state index is 12.2. The average Bonchev–Trinajstić information content (AvgIpc) is 2.66. The monoisotopic (exact) mass is 330 g/mol. The molecule has 118 valence electrons. The van der Waals surface area contributed by atoms with E-state index in [2.05, 4.69) is 4.90 Å². The molecule has 0 unspecified atom stereocenters. The van der Waals surface area contributed by atoms with Gasteiger partial charge in [0.1, 0.15) is 0 Å². The molecule has 2 rings (SSSR count). The zero-order valence-electron chi connectivity index (χ0n) is 12.7. The fraction of sp³-hybridized carbons (Fsp3) is 0.600. The lowest BCUT2D eigenvalue weighted by Gasteiger charge is -2.18. The zero-order chi connectivity index (χ0) is 15.5. The number of benzene rings is 1. The van der Waals surface area contributed by atoms with Gasteiger partial charge in [0.15, 0.2) is 0 Å². The summed E-state index contributed by atoms with van der Waals surface area (Å²) in [4.78, 5) is 2.79. The molecule has 4 nitrogen and oxygen atoms in total. The lowest BCUT2D eigenvalue weighted by molar-refractivity contribution is 0.289. The molecule has 21 heavy (non-hydrogen) atoms. The number of nitrogens with zero attached hydrogens (tertiary/aromatic N) is 2. The van der Waals surface area contributed by atoms with Crippen LogP contribution in [0.4, 0.5) is 0 Å². The number of fused-ring (bicyclic) bond motifs is 1. The number of rotatable bonds is 5. The van der Waals surface area contributed by atoms with E-state index in [1.807, 2.05) is 12.1 Å². The van der Waals surface area contributed by atoms with Crippen molar-refractivity contribution in [1.82, 2.24) is 9.21 Å². The first kappa shape index (κ1) is 16.7. The molecule has 0 spiro atoms. The highest BCUT2D eigenvalue weighted by atomic mass is 35.5. The third-order valence-electron chi connectivity index (χ3n) is 3.96. The van der Waals surface area contributed by atoms with Crippen molar-refractivity contribution in [2.75, 3.05) is 39.6 Å². The number of hydrogen-bond acceptors (Lipinski definition) is 3. The Balaban J connectivity index is 2.18. The van der Waals surface area contributed by atoms with E-state index in [0.717, 1.165) is 44.5 Å². The number of sulfonamides is 1. The van der Waals surface area contributed by atoms with E-state index in [4.69, 9.17) is 11.6 Å². The Labute approximate surface area is 132 Å². The van der Waals surface area contributed by atoms with E-state index in [-0.39, 0.29) is 0 Å². The lowest BCUT2D eigenvalue weighted by Crippen LogP contribution is -2.27. The van der Waals surface area contributed by atoms with Gasteiger partial charge in [-0.2, -0.15) is 0 Å². The summed E-state index contributed by atoms with van der Waals surface area (Å²) in [6, 6.07) is 5.54. The van der Waals surface area contributed by atoms with E-state index in [1.54, 1.807) is 20.2 Å². The van der Waals surface area contributed by atoms with Gasteiger partial charge in [0, 0.05) is 33.1 Å². The molecule has 0 bridgehead atoms. The van der Waals surface area contributed by atoms with Crippen LogP contribution in [0, 0.1) is 0 Å². The molecular weight excluding hydrogens is 308 g/mol. The Morgan fingerprint density at radius 3 is 2.48 bits per heavy atom. The van der Waals surface area contributed by atoms with E-state index in [1.165, 1.54) is 9.87 Å². The minimum absolute atomic E-state index is 0.389. The summed E-state index contributed by atoms with van der Waals surface area (Å²) < 4.78 is 25.7. The van der Waals surface area contributed by atoms with Crippen LogP contribution in [0.15, 0.2) is 23.1 Å². The fourth-order valence-electron chi connectivity index (χ4n) is 2.63. The smallest absolute Gasteiger partial charge is 0.242 e. The second-order valence-corrected chi connectivity index (χ2v) is 8.13. The Bertz CT molecular complexity index is 587. The van der Waals surface area contributed by atoms with Crippen LogP contribution in [0.3, 0.4) is 0 Å². The van der Waals surface area contributed by atoms with E-state index >= 15 is 0 Å². The molecule has 1 aromatic rings. The molecular formula is C15H23ClN2O2S. The molecule has 1 aliphatic rings. The van der Waals surface area contributed by atoms with Crippen molar-refractivity contribution >= 4 is 21.6 Å². The Morgan fingerprint density at radius 2 is 1.86 bits per heavy atom. The molecule has 0 aromatic heterocycles. The van der Waals surface area contributed by atoms with Crippen molar-refractivity contribution in [3.05, 3.63) is 29.3 Å². The van der Waals surface area contributed by atoms with Gasteiger partial charge in [0.25, 0.3) is 0 Å². The summed E-state index contributed by atoms with van der Waals surface area (Å²) in [6.07, 6.45) is 2.87. The first-order valence-electron chi connectivity index (χ1n) is 7.28. The second-order valence-electron chi connectivity index (χ2n) is 5.60. The summed E-state index contributed by atoms with van der Waals surface area (Å²) >= 11 is 5.75. The standard InChI is InChI=1S/C15H23ClN2O2S/c1-17(2)21(19,20)15-5-4-13-6-10-18(9-3-8-16)11-7-14(13)12-15/h4-5,12H,3,6-11H2,1-2H3. The molecule has 0 N–H and O–H groups in total. The highest BCUT2D eigenvalue weighted by Gasteiger charge is 2.20. The van der Waals surface area contributed by atoms with Gasteiger partial charge in [-0.1, -0.05) is 6.07 Å². The molecule has 0 aliphatic carbocycles. The normalized spacial score (nSPS) is 16.8. The summed E-state index contributed by atoms with van der Waals surface area (Å²) in [6.45, 7) is 3.00. The van der Waals surface area contributed by atoms with Crippen molar-refractivity contribution in [1.29, 1.82) is 0 Å². The van der Waals surface area contributed by atoms with Crippen molar-refractivity contribution in [2.45, 2.75) is 24.2 Å². The summed E-state index contributed by atoms with van der Waals surface area (Å²) in [5.74, 6) is 0.689. The Kier molecular flexibility index (Phi) is 5.66. The molecule has 0 fully saturated rings. The third-order valence-corrected chi connectivity index (χ3v) is 6.04. The van der Waals surface area contributed by atoms with E-state index in [0.29, 0.717) is 10.8 Å². The first-order valence-corrected chi connectivity index (χ1v) is 9.25. The van der Waals surface area contributed by atoms with Gasteiger partial charge in [0.05, 0.1) is 4.90 Å². The summed E-state index contributed by atoms with van der Waals surface area (Å²) in [5, 5.41) is 0. The van der Waals surface area contributed by atoms with Crippen LogP contribution in [0.25, 0.3) is 0 Å². The molecule has 1 heterocycles. The minimum atomic E-state index is -3.35. The summed E-state index contributed by atoms with van der Waals surface area (Å²) in [7, 11) is -0.219. The first-order chi connectivity index (χ1) is 9.95. The van der Waals surface area contributed by atoms with Crippen molar-refractivity contribution in [3.63, 3.8) is 0 Å². The van der Waals surface area contributed by atoms with Crippen molar-refractivity contribution in [3.8, 4) is 0 Å². The van der Waals surface area contributed by atoms with E-state index < -0.39 is 10.0 Å². The predicted molar refractivity (Wildman–Crippen MR) is 86.5 cm³/mol. The van der Waals surface area contributed by atoms with Gasteiger partial charge < -0.3 is 4.90 Å². The molecule has 0 saturated heterocycles. The topological polar surface area (TPSA) is 40.6 Å². The molecule has 6 heteroatoms. The molecule has 0 atom stereocenters. The highest BCUT2D eigenvalue weighted by Crippen LogP contribution is 2.22. The van der Waals surface area contributed by atoms with Gasteiger partial charge in [0.2, 0.25) is 10.0 Å². The van der Waals surface area contributed by atoms with Crippen LogP contribution in [-0.2, 0) is 22.9 Å². The highest BCUT2D eigenvalue weighted by molar-refractivity contribution is 7.89. The number of hydrogen-bond donors (Lipinski definition) is 0. The Morgan fingerprint density at radius 1 is 1.19 bits per heavy atom. The second kappa shape index (κ2) is 7.09. The molecule has 1 aromatic carbocycles. The van der Waals surface area contributed by atoms with Gasteiger partial charge >= 0.3 is 0 Å². The van der Waals surface area contributed by atoms with Gasteiger partial charge in [-0.3, -0.25) is 0 Å². The van der Waals surface area contributed by atoms with Crippen LogP contribution in [0.1, 0.15) is 17.5 Å². The van der Waals surface area contributed by atoms with Crippen LogP contribution >= 0.6 is 11.6 Å². The van der Waals surface area contributed by atoms with Crippen LogP contribution < -0.4 is 0 Å². The quantitative estimate of drug-likeness (QED) is 0.775. The van der Waals surface area contributed by atoms with Gasteiger partial charge in [-0.15, -0.1) is 11.6 Å². The maximum Gasteiger partial charge on any atom is 0.242 e. The number of alkyl halides is 1. The average molecular weight is 331 g/mol. The van der Waals surface area contributed by atoms with Crippen molar-refractivity contribution in [2.24, 2.45) is 0 Å². The minimum Gasteiger partial charge on any atom is -0.303 e. The molecule has 0 amide bonds. The van der Waals surface area contributed by atoms with Crippen molar-refractivity contribution < 1.29 is 8.42 Å². The zero-order valence-corrected chi connectivity index (χ0v) is 14.3. The van der Waals surface area contributed by atoms with E-state index in [9.17, 15) is 8.42 Å². The SMILES string of the molecule is CN(C)S(=O)(=O)c1ccc2c(c1)CCN(CCCCl)CC2. The summed E-state index contributed by atoms with van der Waals surface area (Å²) in [5.41, 5.74) is 2.42. The van der Waals surface area contributed by atoms with Gasteiger partial charge in [-0.05, 0) is 49.1 Å². The molecule has 0 radical (unpaired) electrons.